The van der Waals surface area contributed by atoms with Gasteiger partial charge >= 0.3 is 11.9 Å². The van der Waals surface area contributed by atoms with Crippen molar-refractivity contribution in [3.63, 3.8) is 0 Å². The van der Waals surface area contributed by atoms with Gasteiger partial charge in [0.1, 0.15) is 17.5 Å². The van der Waals surface area contributed by atoms with E-state index in [4.69, 9.17) is 4.74 Å². The van der Waals surface area contributed by atoms with Gasteiger partial charge in [0.15, 0.2) is 11.3 Å². The molecule has 3 heterocycles. The number of Topliss-reactive ketones (excluding diaryl/α,β-unsaturated/α-hetero) is 1. The third-order valence-electron chi connectivity index (χ3n) is 6.52. The molecule has 0 radical (unpaired) electrons. The fourth-order valence-electron chi connectivity index (χ4n) is 5.12. The maximum atomic E-state index is 14.3. The minimum absolute atomic E-state index is 0.00703. The SMILES string of the molecule is O=C1C(=O)N2c3ccccc3OC(=O)C2(C2C(=O)Nc3ccc(F)cc32)/C1=C(\O)c1ccccc1. The van der Waals surface area contributed by atoms with Crippen molar-refractivity contribution in [3.8, 4) is 5.75 Å². The maximum absolute atomic E-state index is 14.3. The topological polar surface area (TPSA) is 113 Å². The normalized spacial score (nSPS) is 23.9. The van der Waals surface area contributed by atoms with Gasteiger partial charge in [0.2, 0.25) is 5.91 Å². The summed E-state index contributed by atoms with van der Waals surface area (Å²) >= 11 is 0. The van der Waals surface area contributed by atoms with Crippen molar-refractivity contribution in [2.75, 3.05) is 10.2 Å². The van der Waals surface area contributed by atoms with Crippen LogP contribution in [0, 0.1) is 5.82 Å². The van der Waals surface area contributed by atoms with Gasteiger partial charge in [-0.1, -0.05) is 42.5 Å². The first kappa shape index (κ1) is 20.8. The number of hydrogen-bond acceptors (Lipinski definition) is 6. The number of ketones is 1. The number of nitrogens with one attached hydrogen (secondary N) is 1. The molecule has 9 heteroatoms. The summed E-state index contributed by atoms with van der Waals surface area (Å²) in [5, 5.41) is 13.9. The van der Waals surface area contributed by atoms with Crippen molar-refractivity contribution in [2.45, 2.75) is 11.5 Å². The van der Waals surface area contributed by atoms with E-state index >= 15 is 0 Å². The Morgan fingerprint density at radius 1 is 0.971 bits per heavy atom. The molecule has 3 aliphatic rings. The van der Waals surface area contributed by atoms with Crippen molar-refractivity contribution in [1.82, 2.24) is 0 Å². The van der Waals surface area contributed by atoms with E-state index in [0.717, 1.165) is 17.0 Å². The zero-order valence-corrected chi connectivity index (χ0v) is 17.8. The molecule has 2 unspecified atom stereocenters. The van der Waals surface area contributed by atoms with Crippen LogP contribution in [-0.2, 0) is 19.2 Å². The summed E-state index contributed by atoms with van der Waals surface area (Å²) in [7, 11) is 0. The van der Waals surface area contributed by atoms with Crippen LogP contribution in [0.5, 0.6) is 5.75 Å². The molecular weight excluding hydrogens is 455 g/mol. The number of aliphatic hydroxyl groups excluding tert-OH is 1. The number of nitrogens with zero attached hydrogens (tertiary/aromatic N) is 1. The summed E-state index contributed by atoms with van der Waals surface area (Å²) in [6, 6.07) is 17.4. The van der Waals surface area contributed by atoms with Crippen LogP contribution in [0.2, 0.25) is 0 Å². The van der Waals surface area contributed by atoms with Crippen LogP contribution in [0.15, 0.2) is 78.4 Å². The highest BCUT2D eigenvalue weighted by Gasteiger charge is 2.71. The van der Waals surface area contributed by atoms with E-state index in [1.807, 2.05) is 0 Å². The van der Waals surface area contributed by atoms with Crippen LogP contribution in [0.25, 0.3) is 5.76 Å². The number of halogens is 1. The minimum Gasteiger partial charge on any atom is -0.507 e. The van der Waals surface area contributed by atoms with Gasteiger partial charge in [-0.15, -0.1) is 0 Å². The highest BCUT2D eigenvalue weighted by atomic mass is 19.1. The van der Waals surface area contributed by atoms with Crippen LogP contribution >= 0.6 is 0 Å². The molecular formula is C26H15FN2O6. The Morgan fingerprint density at radius 3 is 2.46 bits per heavy atom. The largest absolute Gasteiger partial charge is 0.507 e. The molecule has 0 bridgehead atoms. The molecule has 2 amide bonds. The van der Waals surface area contributed by atoms with E-state index in [9.17, 15) is 28.7 Å². The van der Waals surface area contributed by atoms with Crippen LogP contribution in [0.3, 0.4) is 0 Å². The Balaban J connectivity index is 1.74. The standard InChI is InChI=1S/C26H15FN2O6/c27-14-10-11-16-15(12-14)19(23(32)28-16)26-20(21(30)13-6-2-1-3-7-13)22(31)24(33)29(26)17-8-4-5-9-18(17)35-25(26)34/h1-12,19,30H,(H,28,32)/b21-20-. The Bertz CT molecular complexity index is 1520. The van der Waals surface area contributed by atoms with Crippen LogP contribution in [0.4, 0.5) is 15.8 Å². The molecule has 6 rings (SSSR count). The molecule has 2 N–H and O–H groups in total. The fourth-order valence-corrected chi connectivity index (χ4v) is 5.12. The number of fused-ring (bicyclic) bond motifs is 4. The quantitative estimate of drug-likeness (QED) is 0.196. The summed E-state index contributed by atoms with van der Waals surface area (Å²) in [6.07, 6.45) is 0. The number of amides is 2. The molecule has 8 nitrogen and oxygen atoms in total. The molecule has 3 aliphatic heterocycles. The highest BCUT2D eigenvalue weighted by Crippen LogP contribution is 2.56. The molecule has 172 valence electrons. The van der Waals surface area contributed by atoms with Crippen LogP contribution in [-0.4, -0.2) is 34.2 Å². The number of anilines is 2. The molecule has 0 aliphatic carbocycles. The number of para-hydroxylation sites is 2. The molecule has 1 fully saturated rings. The molecule has 3 aromatic carbocycles. The van der Waals surface area contributed by atoms with Crippen LogP contribution in [0.1, 0.15) is 17.0 Å². The Hall–Kier alpha value is -4.79. The van der Waals surface area contributed by atoms with Gasteiger partial charge in [-0.05, 0) is 35.9 Å². The van der Waals surface area contributed by atoms with Crippen molar-refractivity contribution < 1.29 is 33.4 Å². The van der Waals surface area contributed by atoms with E-state index < -0.39 is 52.2 Å². The van der Waals surface area contributed by atoms with Crippen molar-refractivity contribution in [1.29, 1.82) is 0 Å². The number of rotatable bonds is 2. The van der Waals surface area contributed by atoms with Gasteiger partial charge in [0.05, 0.1) is 11.3 Å². The Labute approximate surface area is 197 Å². The number of benzene rings is 3. The van der Waals surface area contributed by atoms with Crippen molar-refractivity contribution in [3.05, 3.63) is 95.3 Å². The highest BCUT2D eigenvalue weighted by molar-refractivity contribution is 6.55. The number of aliphatic hydroxyl groups is 1. The smallest absolute Gasteiger partial charge is 0.344 e. The predicted molar refractivity (Wildman–Crippen MR) is 121 cm³/mol. The summed E-state index contributed by atoms with van der Waals surface area (Å²) in [5.74, 6) is -7.08. The summed E-state index contributed by atoms with van der Waals surface area (Å²) in [4.78, 5) is 55.0. The predicted octanol–water partition coefficient (Wildman–Crippen LogP) is 3.10. The lowest BCUT2D eigenvalue weighted by molar-refractivity contribution is -0.143. The van der Waals surface area contributed by atoms with Gasteiger partial charge in [-0.25, -0.2) is 9.18 Å². The number of ether oxygens (including phenoxy) is 1. The fraction of sp³-hybridized carbons (Fsp3) is 0.0769. The monoisotopic (exact) mass is 470 g/mol. The second-order valence-electron chi connectivity index (χ2n) is 8.34. The van der Waals surface area contributed by atoms with E-state index in [2.05, 4.69) is 5.32 Å². The summed E-state index contributed by atoms with van der Waals surface area (Å²) in [6.45, 7) is 0. The lowest BCUT2D eigenvalue weighted by Gasteiger charge is -2.43. The number of carbonyl (C=O) groups is 4. The van der Waals surface area contributed by atoms with E-state index in [-0.39, 0.29) is 28.3 Å². The lowest BCUT2D eigenvalue weighted by Crippen LogP contribution is -2.62. The van der Waals surface area contributed by atoms with Gasteiger partial charge < -0.3 is 15.2 Å². The van der Waals surface area contributed by atoms with Gasteiger partial charge in [0.25, 0.3) is 5.78 Å². The second-order valence-corrected chi connectivity index (χ2v) is 8.34. The maximum Gasteiger partial charge on any atom is 0.344 e. The zero-order valence-electron chi connectivity index (χ0n) is 17.8. The zero-order chi connectivity index (χ0) is 24.5. The Morgan fingerprint density at radius 2 is 1.69 bits per heavy atom. The molecule has 35 heavy (non-hydrogen) atoms. The third kappa shape index (κ3) is 2.60. The van der Waals surface area contributed by atoms with Gasteiger partial charge in [0, 0.05) is 11.3 Å². The van der Waals surface area contributed by atoms with Gasteiger partial charge in [-0.2, -0.15) is 0 Å². The van der Waals surface area contributed by atoms with Crippen molar-refractivity contribution in [2.24, 2.45) is 0 Å². The van der Waals surface area contributed by atoms with Crippen molar-refractivity contribution >= 4 is 40.7 Å². The molecule has 3 aromatic rings. The second kappa shape index (κ2) is 7.10. The summed E-state index contributed by atoms with van der Waals surface area (Å²) < 4.78 is 19.9. The molecule has 0 aromatic heterocycles. The molecule has 1 saturated heterocycles. The van der Waals surface area contributed by atoms with Gasteiger partial charge in [-0.3, -0.25) is 19.3 Å². The molecule has 0 saturated carbocycles. The average molecular weight is 470 g/mol. The lowest BCUT2D eigenvalue weighted by atomic mass is 9.73. The number of hydrogen-bond donors (Lipinski definition) is 2. The minimum atomic E-state index is -2.41. The van der Waals surface area contributed by atoms with E-state index in [1.165, 1.54) is 30.3 Å². The number of esters is 1. The van der Waals surface area contributed by atoms with E-state index in [0.29, 0.717) is 0 Å². The Kier molecular flexibility index (Phi) is 4.22. The van der Waals surface area contributed by atoms with E-state index in [1.54, 1.807) is 30.3 Å². The first-order valence-corrected chi connectivity index (χ1v) is 10.7. The summed E-state index contributed by atoms with van der Waals surface area (Å²) in [5.41, 5.74) is -2.53. The molecule has 0 spiro atoms. The third-order valence-corrected chi connectivity index (χ3v) is 6.52. The number of carbonyl (C=O) groups excluding carboxylic acids is 4. The van der Waals surface area contributed by atoms with Crippen LogP contribution < -0.4 is 15.0 Å². The molecule has 2 atom stereocenters. The first-order chi connectivity index (χ1) is 16.9. The first-order valence-electron chi connectivity index (χ1n) is 10.7. The average Bonchev–Trinajstić information content (AvgIpc) is 3.30.